The molecule has 0 radical (unpaired) electrons. The average Bonchev–Trinajstić information content (AvgIpc) is 3.27. The number of amides is 1. The number of nitrogens with one attached hydrogen (secondary N) is 1. The second-order valence-electron chi connectivity index (χ2n) is 7.43. The zero-order valence-corrected chi connectivity index (χ0v) is 17.1. The number of hydrogen-bond acceptors (Lipinski definition) is 5. The van der Waals surface area contributed by atoms with E-state index in [1.165, 1.54) is 0 Å². The number of benzene rings is 1. The fourth-order valence-electron chi connectivity index (χ4n) is 3.87. The molecule has 0 saturated carbocycles. The van der Waals surface area contributed by atoms with Crippen LogP contribution in [0.4, 0.5) is 4.39 Å². The number of ketones is 1. The van der Waals surface area contributed by atoms with Crippen molar-refractivity contribution in [3.8, 4) is 0 Å². The van der Waals surface area contributed by atoms with Gasteiger partial charge in [0, 0.05) is 24.4 Å². The van der Waals surface area contributed by atoms with Crippen LogP contribution in [-0.2, 0) is 26.3 Å². The molecule has 0 fully saturated rings. The van der Waals surface area contributed by atoms with Gasteiger partial charge in [0.25, 0.3) is 5.91 Å². The normalized spacial score (nSPS) is 19.3. The van der Waals surface area contributed by atoms with E-state index in [1.807, 2.05) is 42.8 Å². The average molecular weight is 417 g/mol. The first-order valence-electron chi connectivity index (χ1n) is 9.65. The van der Waals surface area contributed by atoms with E-state index >= 15 is 0 Å². The van der Waals surface area contributed by atoms with E-state index in [4.69, 9.17) is 9.94 Å². The fourth-order valence-corrected chi connectivity index (χ4v) is 3.87. The fraction of sp³-hybridized carbons (Fsp3) is 0.429. The summed E-state index contributed by atoms with van der Waals surface area (Å²) in [5.74, 6) is -3.00. The van der Waals surface area contributed by atoms with Crippen molar-refractivity contribution in [3.05, 3.63) is 35.5 Å². The topological polar surface area (TPSA) is 110 Å². The van der Waals surface area contributed by atoms with Crippen LogP contribution in [0.5, 0.6) is 0 Å². The number of para-hydroxylation sites is 1. The Bertz CT molecular complexity index is 1010. The maximum Gasteiger partial charge on any atom is 0.305 e. The molecule has 1 aromatic heterocycles. The molecule has 3 rings (SSSR count). The summed E-state index contributed by atoms with van der Waals surface area (Å²) in [6.45, 7) is 2.33. The van der Waals surface area contributed by atoms with E-state index in [0.717, 1.165) is 22.2 Å². The van der Waals surface area contributed by atoms with E-state index in [-0.39, 0.29) is 12.8 Å². The van der Waals surface area contributed by atoms with Gasteiger partial charge in [-0.1, -0.05) is 30.3 Å². The van der Waals surface area contributed by atoms with Gasteiger partial charge in [-0.15, -0.1) is 0 Å². The second-order valence-corrected chi connectivity index (χ2v) is 7.43. The molecule has 2 atom stereocenters. The van der Waals surface area contributed by atoms with Crippen molar-refractivity contribution in [1.29, 1.82) is 0 Å². The van der Waals surface area contributed by atoms with Gasteiger partial charge in [-0.05, 0) is 25.0 Å². The number of alkyl halides is 1. The minimum absolute atomic E-state index is 0.143. The number of hydrogen-bond donors (Lipinski definition) is 2. The molecule has 160 valence electrons. The lowest BCUT2D eigenvalue weighted by atomic mass is 9.90. The lowest BCUT2D eigenvalue weighted by Crippen LogP contribution is -2.53. The summed E-state index contributed by atoms with van der Waals surface area (Å²) in [6, 6.07) is 6.41. The molecule has 1 aliphatic heterocycles. The molecule has 1 aromatic carbocycles. The van der Waals surface area contributed by atoms with Gasteiger partial charge in [0.15, 0.2) is 5.78 Å². The SMILES string of the molecule is CCC1(C(=O)N[C@@H](CC(=O)O)C(=O)CF)CC(c2c(C)c3ccccc3n2C)=NO1. The van der Waals surface area contributed by atoms with Crippen LogP contribution in [0.15, 0.2) is 29.4 Å². The van der Waals surface area contributed by atoms with E-state index in [2.05, 4.69) is 10.5 Å². The van der Waals surface area contributed by atoms with Gasteiger partial charge in [0.2, 0.25) is 5.60 Å². The van der Waals surface area contributed by atoms with E-state index in [9.17, 15) is 18.8 Å². The number of Topliss-reactive ketones (excluding diaryl/α,β-unsaturated/α-hetero) is 1. The number of rotatable bonds is 8. The quantitative estimate of drug-likeness (QED) is 0.685. The molecule has 8 nitrogen and oxygen atoms in total. The lowest BCUT2D eigenvalue weighted by molar-refractivity contribution is -0.148. The number of carbonyl (C=O) groups excluding carboxylic acids is 2. The van der Waals surface area contributed by atoms with Crippen molar-refractivity contribution >= 4 is 34.3 Å². The molecular weight excluding hydrogens is 393 g/mol. The molecule has 2 N–H and O–H groups in total. The molecule has 1 aliphatic rings. The van der Waals surface area contributed by atoms with Gasteiger partial charge < -0.3 is 19.8 Å². The maximum atomic E-state index is 12.9. The molecule has 0 saturated heterocycles. The number of fused-ring (bicyclic) bond motifs is 1. The highest BCUT2D eigenvalue weighted by atomic mass is 19.1. The van der Waals surface area contributed by atoms with Crippen LogP contribution in [0, 0.1) is 6.92 Å². The van der Waals surface area contributed by atoms with Crippen molar-refractivity contribution in [1.82, 2.24) is 9.88 Å². The summed E-state index contributed by atoms with van der Waals surface area (Å²) in [5, 5.41) is 16.5. The van der Waals surface area contributed by atoms with Crippen molar-refractivity contribution in [3.63, 3.8) is 0 Å². The maximum absolute atomic E-state index is 12.9. The Morgan fingerprint density at radius 2 is 2.07 bits per heavy atom. The Morgan fingerprint density at radius 1 is 1.37 bits per heavy atom. The largest absolute Gasteiger partial charge is 0.481 e. The van der Waals surface area contributed by atoms with Crippen LogP contribution in [0.25, 0.3) is 10.9 Å². The number of carboxylic acids is 1. The molecule has 9 heteroatoms. The summed E-state index contributed by atoms with van der Waals surface area (Å²) in [7, 11) is 1.90. The molecule has 0 aliphatic carbocycles. The number of nitrogens with zero attached hydrogens (tertiary/aromatic N) is 2. The predicted octanol–water partition coefficient (Wildman–Crippen LogP) is 2.26. The van der Waals surface area contributed by atoms with Crippen molar-refractivity contribution in [2.45, 2.75) is 44.8 Å². The monoisotopic (exact) mass is 417 g/mol. The first-order chi connectivity index (χ1) is 14.2. The number of carboxylic acid groups (broad SMARTS) is 1. The van der Waals surface area contributed by atoms with Crippen molar-refractivity contribution in [2.75, 3.05) is 6.67 Å². The van der Waals surface area contributed by atoms with E-state index < -0.39 is 42.4 Å². The highest BCUT2D eigenvalue weighted by molar-refractivity contribution is 6.09. The molecule has 30 heavy (non-hydrogen) atoms. The first kappa shape index (κ1) is 21.5. The Hall–Kier alpha value is -3.23. The molecule has 1 amide bonds. The third-order valence-electron chi connectivity index (χ3n) is 5.61. The minimum Gasteiger partial charge on any atom is -0.481 e. The predicted molar refractivity (Wildman–Crippen MR) is 108 cm³/mol. The Balaban J connectivity index is 1.87. The smallest absolute Gasteiger partial charge is 0.305 e. The van der Waals surface area contributed by atoms with Crippen molar-refractivity contribution in [2.24, 2.45) is 12.2 Å². The van der Waals surface area contributed by atoms with Crippen molar-refractivity contribution < 1.29 is 28.7 Å². The zero-order valence-electron chi connectivity index (χ0n) is 17.1. The number of oxime groups is 1. The molecule has 2 aromatic rings. The number of aliphatic carboxylic acids is 1. The van der Waals surface area contributed by atoms with Gasteiger partial charge in [-0.2, -0.15) is 0 Å². The van der Waals surface area contributed by atoms with Gasteiger partial charge in [-0.3, -0.25) is 14.4 Å². The molecule has 0 bridgehead atoms. The van der Waals surface area contributed by atoms with E-state index in [0.29, 0.717) is 5.71 Å². The number of carbonyl (C=O) groups is 3. The van der Waals surface area contributed by atoms with Crippen LogP contribution >= 0.6 is 0 Å². The summed E-state index contributed by atoms with van der Waals surface area (Å²) >= 11 is 0. The van der Waals surface area contributed by atoms with Gasteiger partial charge >= 0.3 is 5.97 Å². The van der Waals surface area contributed by atoms with Crippen LogP contribution < -0.4 is 5.32 Å². The third kappa shape index (κ3) is 3.67. The Kier molecular flexibility index (Phi) is 5.91. The highest BCUT2D eigenvalue weighted by Crippen LogP contribution is 2.34. The summed E-state index contributed by atoms with van der Waals surface area (Å²) in [5.41, 5.74) is 2.03. The van der Waals surface area contributed by atoms with Gasteiger partial charge in [0.1, 0.15) is 18.4 Å². The van der Waals surface area contributed by atoms with Crippen LogP contribution in [-0.4, -0.2) is 51.4 Å². The summed E-state index contributed by atoms with van der Waals surface area (Å²) < 4.78 is 14.8. The standard InChI is InChI=1S/C21H24FN3O5/c1-4-21(20(29)23-14(9-18(27)28)17(26)11-22)10-15(24-30-21)19-12(2)13-7-5-6-8-16(13)25(19)3/h5-8,14H,4,9-11H2,1-3H3,(H,23,29)(H,27,28)/t14-,21?/m0/s1. The molecule has 2 heterocycles. The molecule has 1 unspecified atom stereocenters. The van der Waals surface area contributed by atoms with Crippen LogP contribution in [0.1, 0.15) is 37.4 Å². The number of aryl methyl sites for hydroxylation is 2. The minimum atomic E-state index is -1.46. The van der Waals surface area contributed by atoms with Gasteiger partial charge in [0.05, 0.1) is 12.1 Å². The van der Waals surface area contributed by atoms with Gasteiger partial charge in [-0.25, -0.2) is 4.39 Å². The van der Waals surface area contributed by atoms with Crippen LogP contribution in [0.3, 0.4) is 0 Å². The molecular formula is C21H24FN3O5. The number of aromatic nitrogens is 1. The zero-order chi connectivity index (χ0) is 22.1. The first-order valence-corrected chi connectivity index (χ1v) is 9.65. The Morgan fingerprint density at radius 3 is 2.67 bits per heavy atom. The summed E-state index contributed by atoms with van der Waals surface area (Å²) in [4.78, 5) is 41.2. The second kappa shape index (κ2) is 8.25. The summed E-state index contributed by atoms with van der Waals surface area (Å²) in [6.07, 6.45) is -0.327. The third-order valence-corrected chi connectivity index (χ3v) is 5.61. The molecule has 0 spiro atoms. The van der Waals surface area contributed by atoms with E-state index in [1.54, 1.807) is 6.92 Å². The highest BCUT2D eigenvalue weighted by Gasteiger charge is 2.47. The lowest BCUT2D eigenvalue weighted by Gasteiger charge is -2.26. The van der Waals surface area contributed by atoms with Crippen LogP contribution in [0.2, 0.25) is 0 Å². The number of halogens is 1. The Labute approximate surface area is 172 Å².